The molecule has 0 fully saturated rings. The van der Waals surface area contributed by atoms with Gasteiger partial charge in [0, 0.05) is 22.7 Å². The van der Waals surface area contributed by atoms with Crippen LogP contribution >= 0.6 is 0 Å². The molecule has 3 nitrogen and oxygen atoms in total. The summed E-state index contributed by atoms with van der Waals surface area (Å²) in [6.07, 6.45) is 2.28. The summed E-state index contributed by atoms with van der Waals surface area (Å²) in [4.78, 5) is 24.0. The second kappa shape index (κ2) is 5.45. The van der Waals surface area contributed by atoms with Gasteiger partial charge in [-0.25, -0.2) is 0 Å². The predicted octanol–water partition coefficient (Wildman–Crippen LogP) is 3.89. The van der Waals surface area contributed by atoms with E-state index in [0.717, 1.165) is 22.8 Å². The van der Waals surface area contributed by atoms with Crippen molar-refractivity contribution in [1.82, 2.24) is 4.57 Å². The van der Waals surface area contributed by atoms with Crippen LogP contribution in [0, 0.1) is 6.92 Å². The van der Waals surface area contributed by atoms with Gasteiger partial charge in [0.25, 0.3) is 5.56 Å². The maximum absolute atomic E-state index is 12.7. The zero-order valence-corrected chi connectivity index (χ0v) is 12.2. The molecule has 0 saturated heterocycles. The molecule has 0 unspecified atom stereocenters. The molecule has 108 valence electrons. The number of pyridine rings is 1. The smallest absolute Gasteiger partial charge is 0.262 e. The van der Waals surface area contributed by atoms with Crippen LogP contribution in [0.3, 0.4) is 0 Å². The van der Waals surface area contributed by atoms with Crippen LogP contribution in [-0.2, 0) is 0 Å². The predicted molar refractivity (Wildman–Crippen MR) is 90.2 cm³/mol. The average Bonchev–Trinajstić information content (AvgIpc) is 2.54. The Balaban J connectivity index is 2.45. The number of hydrogen-bond donors (Lipinski definition) is 0. The molecule has 0 aliphatic rings. The Morgan fingerprint density at radius 1 is 1.09 bits per heavy atom. The summed E-state index contributed by atoms with van der Waals surface area (Å²) in [6.45, 7) is 5.72. The Kier molecular flexibility index (Phi) is 3.47. The third-order valence-corrected chi connectivity index (χ3v) is 3.75. The van der Waals surface area contributed by atoms with Crippen molar-refractivity contribution in [1.29, 1.82) is 0 Å². The van der Waals surface area contributed by atoms with E-state index in [1.165, 1.54) is 10.8 Å². The molecule has 3 rings (SSSR count). The minimum atomic E-state index is -0.136. The summed E-state index contributed by atoms with van der Waals surface area (Å²) in [7, 11) is 0. The van der Waals surface area contributed by atoms with Crippen LogP contribution in [0.1, 0.15) is 15.9 Å². The zero-order chi connectivity index (χ0) is 15.7. The Labute approximate surface area is 128 Å². The number of rotatable bonds is 3. The van der Waals surface area contributed by atoms with Crippen LogP contribution in [0.5, 0.6) is 0 Å². The van der Waals surface area contributed by atoms with Crippen molar-refractivity contribution in [2.75, 3.05) is 0 Å². The fraction of sp³-hybridized carbons (Fsp3) is 0.0526. The lowest BCUT2D eigenvalue weighted by Gasteiger charge is -2.13. The second-order valence-corrected chi connectivity index (χ2v) is 5.18. The van der Waals surface area contributed by atoms with Gasteiger partial charge in [-0.15, -0.1) is 0 Å². The number of hydrogen-bond acceptors (Lipinski definition) is 2. The highest BCUT2D eigenvalue weighted by molar-refractivity contribution is 5.91. The van der Waals surface area contributed by atoms with Crippen LogP contribution in [0.4, 0.5) is 0 Å². The van der Waals surface area contributed by atoms with E-state index in [1.54, 1.807) is 12.1 Å². The molecule has 1 aromatic heterocycles. The quantitative estimate of drug-likeness (QED) is 0.686. The van der Waals surface area contributed by atoms with Gasteiger partial charge in [0.1, 0.15) is 0 Å². The van der Waals surface area contributed by atoms with E-state index >= 15 is 0 Å². The molecule has 22 heavy (non-hydrogen) atoms. The summed E-state index contributed by atoms with van der Waals surface area (Å²) in [5, 5.41) is 1.50. The normalized spacial score (nSPS) is 10.6. The summed E-state index contributed by atoms with van der Waals surface area (Å²) >= 11 is 0. The Hall–Kier alpha value is -2.94. The molecule has 1 heterocycles. The SMILES string of the molecule is C=Cn1c(-c2ccccc2C=O)cc2cc(C)ccc2c1=O. The first-order valence-corrected chi connectivity index (χ1v) is 6.98. The molecule has 2 aromatic carbocycles. The molecule has 0 N–H and O–H groups in total. The van der Waals surface area contributed by atoms with Gasteiger partial charge in [0.2, 0.25) is 0 Å². The van der Waals surface area contributed by atoms with E-state index in [2.05, 4.69) is 6.58 Å². The van der Waals surface area contributed by atoms with Gasteiger partial charge in [0.15, 0.2) is 6.29 Å². The maximum Gasteiger partial charge on any atom is 0.262 e. The van der Waals surface area contributed by atoms with Crippen LogP contribution in [0.2, 0.25) is 0 Å². The van der Waals surface area contributed by atoms with Gasteiger partial charge in [-0.3, -0.25) is 14.2 Å². The van der Waals surface area contributed by atoms with Crippen LogP contribution in [-0.4, -0.2) is 10.9 Å². The van der Waals surface area contributed by atoms with Gasteiger partial charge in [-0.2, -0.15) is 0 Å². The number of aromatic nitrogens is 1. The molecule has 0 radical (unpaired) electrons. The molecule has 0 atom stereocenters. The highest BCUT2D eigenvalue weighted by Gasteiger charge is 2.12. The molecule has 0 bridgehead atoms. The summed E-state index contributed by atoms with van der Waals surface area (Å²) in [6, 6.07) is 14.8. The van der Waals surface area contributed by atoms with Gasteiger partial charge in [0.05, 0.1) is 5.69 Å². The highest BCUT2D eigenvalue weighted by atomic mass is 16.1. The van der Waals surface area contributed by atoms with E-state index in [-0.39, 0.29) is 5.56 Å². The third kappa shape index (κ3) is 2.17. The lowest BCUT2D eigenvalue weighted by molar-refractivity contribution is 0.112. The largest absolute Gasteiger partial charge is 0.298 e. The molecule has 0 aliphatic carbocycles. The third-order valence-electron chi connectivity index (χ3n) is 3.75. The van der Waals surface area contributed by atoms with E-state index in [1.807, 2.05) is 43.3 Å². The molecule has 0 amide bonds. The van der Waals surface area contributed by atoms with E-state index in [4.69, 9.17) is 0 Å². The second-order valence-electron chi connectivity index (χ2n) is 5.18. The summed E-state index contributed by atoms with van der Waals surface area (Å²) in [5.74, 6) is 0. The zero-order valence-electron chi connectivity index (χ0n) is 12.2. The number of fused-ring (bicyclic) bond motifs is 1. The molecular formula is C19H15NO2. The maximum atomic E-state index is 12.7. The first kappa shape index (κ1) is 14.0. The highest BCUT2D eigenvalue weighted by Crippen LogP contribution is 2.25. The van der Waals surface area contributed by atoms with Crippen LogP contribution in [0.15, 0.2) is 59.9 Å². The van der Waals surface area contributed by atoms with Crippen molar-refractivity contribution in [2.45, 2.75) is 6.92 Å². The van der Waals surface area contributed by atoms with E-state index < -0.39 is 0 Å². The Bertz CT molecular complexity index is 951. The Morgan fingerprint density at radius 3 is 2.59 bits per heavy atom. The fourth-order valence-electron chi connectivity index (χ4n) is 2.67. The minimum absolute atomic E-state index is 0.136. The number of carbonyl (C=O) groups is 1. The monoisotopic (exact) mass is 289 g/mol. The number of benzene rings is 2. The molecule has 3 heteroatoms. The summed E-state index contributed by atoms with van der Waals surface area (Å²) < 4.78 is 1.49. The van der Waals surface area contributed by atoms with Gasteiger partial charge < -0.3 is 0 Å². The molecular weight excluding hydrogens is 274 g/mol. The van der Waals surface area contributed by atoms with E-state index in [0.29, 0.717) is 16.6 Å². The number of nitrogens with zero attached hydrogens (tertiary/aromatic N) is 1. The molecule has 0 saturated carbocycles. The first-order valence-electron chi connectivity index (χ1n) is 6.98. The van der Waals surface area contributed by atoms with Crippen molar-refractivity contribution in [3.63, 3.8) is 0 Å². The Morgan fingerprint density at radius 2 is 1.86 bits per heavy atom. The molecule has 0 spiro atoms. The number of aryl methyl sites for hydroxylation is 1. The molecule has 3 aromatic rings. The molecule has 0 aliphatic heterocycles. The van der Waals surface area contributed by atoms with Gasteiger partial charge >= 0.3 is 0 Å². The van der Waals surface area contributed by atoms with Crippen LogP contribution < -0.4 is 5.56 Å². The number of aldehydes is 1. The minimum Gasteiger partial charge on any atom is -0.298 e. The van der Waals surface area contributed by atoms with Crippen molar-refractivity contribution in [3.8, 4) is 11.3 Å². The van der Waals surface area contributed by atoms with Gasteiger partial charge in [-0.1, -0.05) is 48.5 Å². The number of carbonyl (C=O) groups excluding carboxylic acids is 1. The lowest BCUT2D eigenvalue weighted by Crippen LogP contribution is -2.17. The van der Waals surface area contributed by atoms with Gasteiger partial charge in [-0.05, 0) is 24.4 Å². The lowest BCUT2D eigenvalue weighted by atomic mass is 10.0. The fourth-order valence-corrected chi connectivity index (χ4v) is 2.67. The average molecular weight is 289 g/mol. The van der Waals surface area contributed by atoms with Crippen molar-refractivity contribution in [2.24, 2.45) is 0 Å². The van der Waals surface area contributed by atoms with E-state index in [9.17, 15) is 9.59 Å². The van der Waals surface area contributed by atoms with Crippen molar-refractivity contribution < 1.29 is 4.79 Å². The van der Waals surface area contributed by atoms with Crippen molar-refractivity contribution in [3.05, 3.63) is 76.6 Å². The summed E-state index contributed by atoms with van der Waals surface area (Å²) in [5.41, 5.74) is 2.88. The van der Waals surface area contributed by atoms with Crippen LogP contribution in [0.25, 0.3) is 28.2 Å². The topological polar surface area (TPSA) is 39.1 Å². The standard InChI is InChI=1S/C19H15NO2/c1-3-20-18(16-7-5-4-6-14(16)12-21)11-15-10-13(2)8-9-17(15)19(20)22/h3-12H,1H2,2H3. The first-order chi connectivity index (χ1) is 10.7. The van der Waals surface area contributed by atoms with Crippen molar-refractivity contribution >= 4 is 23.3 Å².